The molecule has 0 unspecified atom stereocenters. The van der Waals surface area contributed by atoms with Gasteiger partial charge in [-0.05, 0) is 87.4 Å². The Morgan fingerprint density at radius 2 is 0.656 bits per heavy atom. The van der Waals surface area contributed by atoms with E-state index in [9.17, 15) is 20.4 Å². The van der Waals surface area contributed by atoms with Crippen molar-refractivity contribution in [2.75, 3.05) is 0 Å². The summed E-state index contributed by atoms with van der Waals surface area (Å²) in [7, 11) is 0. The van der Waals surface area contributed by atoms with Crippen LogP contribution in [0.25, 0.3) is 33.4 Å². The minimum atomic E-state index is -0.0307. The second kappa shape index (κ2) is 7.97. The molecule has 32 heavy (non-hydrogen) atoms. The third-order valence-corrected chi connectivity index (χ3v) is 5.68. The summed E-state index contributed by atoms with van der Waals surface area (Å²) >= 11 is 0. The summed E-state index contributed by atoms with van der Waals surface area (Å²) in [5, 5.41) is 43.3. The molecule has 0 radical (unpaired) electrons. The van der Waals surface area contributed by atoms with Gasteiger partial charge in [-0.2, -0.15) is 0 Å². The van der Waals surface area contributed by atoms with E-state index in [0.29, 0.717) is 33.4 Å². The first kappa shape index (κ1) is 21.3. The van der Waals surface area contributed by atoms with Crippen LogP contribution in [0.3, 0.4) is 0 Å². The molecule has 0 aliphatic rings. The standard InChI is InChI=1S/C28H26O4/c1-15-5-7-25(29)19(9-15)21-11-17(3)13-23(27(21)31)24-14-18(4)12-22(28(24)32)20-10-16(2)6-8-26(20)30/h5-14,29-32H,1-4H3. The zero-order valence-electron chi connectivity index (χ0n) is 18.6. The van der Waals surface area contributed by atoms with Gasteiger partial charge in [-0.1, -0.05) is 23.3 Å². The summed E-state index contributed by atoms with van der Waals surface area (Å²) < 4.78 is 0. The van der Waals surface area contributed by atoms with Crippen LogP contribution in [0.1, 0.15) is 22.3 Å². The molecule has 0 saturated heterocycles. The van der Waals surface area contributed by atoms with Gasteiger partial charge in [0, 0.05) is 33.4 Å². The van der Waals surface area contributed by atoms with Gasteiger partial charge in [0.15, 0.2) is 0 Å². The van der Waals surface area contributed by atoms with Gasteiger partial charge in [-0.3, -0.25) is 0 Å². The maximum atomic E-state index is 11.2. The Morgan fingerprint density at radius 1 is 0.375 bits per heavy atom. The quantitative estimate of drug-likeness (QED) is 0.292. The maximum absolute atomic E-state index is 11.2. The lowest BCUT2D eigenvalue weighted by Gasteiger charge is -2.17. The molecule has 4 aromatic carbocycles. The van der Waals surface area contributed by atoms with Crippen molar-refractivity contribution in [3.05, 3.63) is 82.9 Å². The highest BCUT2D eigenvalue weighted by Gasteiger charge is 2.20. The second-order valence-corrected chi connectivity index (χ2v) is 8.46. The Bertz CT molecular complexity index is 1250. The predicted molar refractivity (Wildman–Crippen MR) is 128 cm³/mol. The van der Waals surface area contributed by atoms with Crippen molar-refractivity contribution in [2.45, 2.75) is 27.7 Å². The average Bonchev–Trinajstić information content (AvgIpc) is 2.74. The van der Waals surface area contributed by atoms with Crippen molar-refractivity contribution >= 4 is 0 Å². The van der Waals surface area contributed by atoms with E-state index in [1.807, 2.05) is 52.0 Å². The van der Waals surface area contributed by atoms with Gasteiger partial charge < -0.3 is 20.4 Å². The zero-order valence-corrected chi connectivity index (χ0v) is 18.6. The summed E-state index contributed by atoms with van der Waals surface area (Å²) in [4.78, 5) is 0. The van der Waals surface area contributed by atoms with Crippen molar-refractivity contribution in [2.24, 2.45) is 0 Å². The van der Waals surface area contributed by atoms with Gasteiger partial charge in [0.2, 0.25) is 0 Å². The fraction of sp³-hybridized carbons (Fsp3) is 0.143. The Balaban J connectivity index is 1.99. The molecule has 0 aliphatic carbocycles. The molecule has 4 rings (SSSR count). The van der Waals surface area contributed by atoms with Crippen molar-refractivity contribution in [1.82, 2.24) is 0 Å². The van der Waals surface area contributed by atoms with E-state index in [4.69, 9.17) is 0 Å². The van der Waals surface area contributed by atoms with Gasteiger partial charge in [-0.25, -0.2) is 0 Å². The minimum absolute atomic E-state index is 0.0307. The van der Waals surface area contributed by atoms with E-state index in [1.54, 1.807) is 36.4 Å². The van der Waals surface area contributed by atoms with Crippen LogP contribution in [0.4, 0.5) is 0 Å². The van der Waals surface area contributed by atoms with Gasteiger partial charge in [0.1, 0.15) is 23.0 Å². The molecule has 0 heterocycles. The van der Waals surface area contributed by atoms with Crippen LogP contribution in [0.15, 0.2) is 60.7 Å². The van der Waals surface area contributed by atoms with E-state index in [2.05, 4.69) is 0 Å². The first-order valence-corrected chi connectivity index (χ1v) is 10.4. The van der Waals surface area contributed by atoms with Crippen LogP contribution in [0, 0.1) is 27.7 Å². The Hall–Kier alpha value is -3.92. The topological polar surface area (TPSA) is 80.9 Å². The highest BCUT2D eigenvalue weighted by atomic mass is 16.3. The van der Waals surface area contributed by atoms with Crippen molar-refractivity contribution in [3.63, 3.8) is 0 Å². The van der Waals surface area contributed by atoms with E-state index in [1.165, 1.54) is 0 Å². The van der Waals surface area contributed by atoms with Gasteiger partial charge in [-0.15, -0.1) is 0 Å². The number of aromatic hydroxyl groups is 4. The lowest BCUT2D eigenvalue weighted by atomic mass is 9.90. The third-order valence-electron chi connectivity index (χ3n) is 5.68. The smallest absolute Gasteiger partial charge is 0.131 e. The van der Waals surface area contributed by atoms with Crippen LogP contribution >= 0.6 is 0 Å². The molecule has 0 fully saturated rings. The number of rotatable bonds is 3. The van der Waals surface area contributed by atoms with Crippen LogP contribution < -0.4 is 0 Å². The molecule has 0 spiro atoms. The molecule has 162 valence electrons. The Morgan fingerprint density at radius 3 is 1.00 bits per heavy atom. The first-order valence-electron chi connectivity index (χ1n) is 10.4. The average molecular weight is 427 g/mol. The molecular formula is C28H26O4. The predicted octanol–water partition coefficient (Wildman–Crippen LogP) is 6.74. The molecule has 4 nitrogen and oxygen atoms in total. The van der Waals surface area contributed by atoms with Crippen molar-refractivity contribution in [1.29, 1.82) is 0 Å². The lowest BCUT2D eigenvalue weighted by Crippen LogP contribution is -1.92. The molecular weight excluding hydrogens is 400 g/mol. The number of phenolic OH excluding ortho intramolecular Hbond substituents is 4. The molecule has 0 amide bonds. The highest BCUT2D eigenvalue weighted by molar-refractivity contribution is 5.91. The minimum Gasteiger partial charge on any atom is -0.507 e. The second-order valence-electron chi connectivity index (χ2n) is 8.46. The van der Waals surface area contributed by atoms with E-state index in [0.717, 1.165) is 22.3 Å². The molecule has 0 atom stereocenters. The molecule has 0 aliphatic heterocycles. The summed E-state index contributed by atoms with van der Waals surface area (Å²) in [6, 6.07) is 17.7. The van der Waals surface area contributed by atoms with Gasteiger partial charge in [0.05, 0.1) is 0 Å². The molecule has 4 heteroatoms. The number of hydrogen-bond acceptors (Lipinski definition) is 4. The number of benzene rings is 4. The molecule has 4 aromatic rings. The van der Waals surface area contributed by atoms with Crippen LogP contribution in [0.2, 0.25) is 0 Å². The normalized spacial score (nSPS) is 11.0. The Kier molecular flexibility index (Phi) is 5.31. The molecule has 0 aromatic heterocycles. The summed E-state index contributed by atoms with van der Waals surface area (Å²) in [6.45, 7) is 7.65. The van der Waals surface area contributed by atoms with Gasteiger partial charge >= 0.3 is 0 Å². The van der Waals surface area contributed by atoms with E-state index >= 15 is 0 Å². The monoisotopic (exact) mass is 426 g/mol. The fourth-order valence-electron chi connectivity index (χ4n) is 4.11. The van der Waals surface area contributed by atoms with Crippen molar-refractivity contribution in [3.8, 4) is 56.4 Å². The van der Waals surface area contributed by atoms with Crippen LogP contribution in [0.5, 0.6) is 23.0 Å². The molecule has 4 N–H and O–H groups in total. The zero-order chi connectivity index (χ0) is 23.2. The summed E-state index contributed by atoms with van der Waals surface area (Å²) in [5.41, 5.74) is 6.58. The van der Waals surface area contributed by atoms with Crippen LogP contribution in [-0.4, -0.2) is 20.4 Å². The first-order chi connectivity index (χ1) is 15.2. The number of aryl methyl sites for hydroxylation is 4. The van der Waals surface area contributed by atoms with Crippen molar-refractivity contribution < 1.29 is 20.4 Å². The fourth-order valence-corrected chi connectivity index (χ4v) is 4.11. The summed E-state index contributed by atoms with van der Waals surface area (Å²) in [6.07, 6.45) is 0. The third kappa shape index (κ3) is 3.76. The van der Waals surface area contributed by atoms with Crippen LogP contribution in [-0.2, 0) is 0 Å². The van der Waals surface area contributed by atoms with E-state index in [-0.39, 0.29) is 23.0 Å². The molecule has 0 bridgehead atoms. The largest absolute Gasteiger partial charge is 0.507 e. The summed E-state index contributed by atoms with van der Waals surface area (Å²) in [5.74, 6) is 0.0798. The highest BCUT2D eigenvalue weighted by Crippen LogP contribution is 2.48. The molecule has 0 saturated carbocycles. The Labute approximate surface area is 187 Å². The van der Waals surface area contributed by atoms with E-state index < -0.39 is 0 Å². The number of hydrogen-bond donors (Lipinski definition) is 4. The van der Waals surface area contributed by atoms with Gasteiger partial charge in [0.25, 0.3) is 0 Å². The lowest BCUT2D eigenvalue weighted by molar-refractivity contribution is 0.465. The SMILES string of the molecule is Cc1ccc(O)c(-c2cc(C)cc(-c3cc(C)cc(-c4cc(C)ccc4O)c3O)c2O)c1. The maximum Gasteiger partial charge on any atom is 0.131 e. The number of phenols is 4.